The molecule has 7 nitrogen and oxygen atoms in total. The number of aryl methyl sites for hydroxylation is 2. The third-order valence-corrected chi connectivity index (χ3v) is 4.87. The van der Waals surface area contributed by atoms with E-state index in [1.807, 2.05) is 62.4 Å². The van der Waals surface area contributed by atoms with Gasteiger partial charge in [0.2, 0.25) is 11.8 Å². The SMILES string of the molecule is Cc1cccc(C)c1NC(=O)Cn1nc(-c2ccccc2)cc(NC(=O)C(C)C)c1=O. The Kier molecular flexibility index (Phi) is 6.65. The summed E-state index contributed by atoms with van der Waals surface area (Å²) in [4.78, 5) is 37.9. The molecule has 3 aromatic rings. The smallest absolute Gasteiger partial charge is 0.291 e. The third kappa shape index (κ3) is 5.25. The first-order valence-corrected chi connectivity index (χ1v) is 10.1. The first kappa shape index (κ1) is 22.0. The minimum absolute atomic E-state index is 0.0902. The second-order valence-corrected chi connectivity index (χ2v) is 7.73. The Morgan fingerprint density at radius 3 is 2.23 bits per heavy atom. The highest BCUT2D eigenvalue weighted by Crippen LogP contribution is 2.20. The Bertz CT molecular complexity index is 1150. The fraction of sp³-hybridized carbons (Fsp3) is 0.250. The number of carbonyl (C=O) groups is 2. The summed E-state index contributed by atoms with van der Waals surface area (Å²) in [6, 6.07) is 16.5. The molecule has 2 amide bonds. The molecule has 0 spiro atoms. The number of hydrogen-bond acceptors (Lipinski definition) is 4. The Balaban J connectivity index is 1.97. The van der Waals surface area contributed by atoms with Gasteiger partial charge in [0.25, 0.3) is 5.56 Å². The zero-order chi connectivity index (χ0) is 22.5. The van der Waals surface area contributed by atoms with E-state index in [1.165, 1.54) is 6.07 Å². The van der Waals surface area contributed by atoms with Crippen molar-refractivity contribution in [3.63, 3.8) is 0 Å². The van der Waals surface area contributed by atoms with Crippen molar-refractivity contribution >= 4 is 23.2 Å². The fourth-order valence-corrected chi connectivity index (χ4v) is 3.09. The summed E-state index contributed by atoms with van der Waals surface area (Å²) < 4.78 is 1.08. The lowest BCUT2D eigenvalue weighted by Crippen LogP contribution is -2.33. The molecule has 31 heavy (non-hydrogen) atoms. The zero-order valence-corrected chi connectivity index (χ0v) is 18.1. The molecule has 0 bridgehead atoms. The zero-order valence-electron chi connectivity index (χ0n) is 18.1. The van der Waals surface area contributed by atoms with Crippen LogP contribution in [0.1, 0.15) is 25.0 Å². The van der Waals surface area contributed by atoms with Gasteiger partial charge in [-0.25, -0.2) is 4.68 Å². The van der Waals surface area contributed by atoms with Crippen molar-refractivity contribution in [2.75, 3.05) is 10.6 Å². The highest BCUT2D eigenvalue weighted by molar-refractivity contribution is 5.93. The minimum atomic E-state index is -0.537. The van der Waals surface area contributed by atoms with Crippen LogP contribution in [-0.4, -0.2) is 21.6 Å². The molecule has 0 aliphatic rings. The van der Waals surface area contributed by atoms with Gasteiger partial charge in [-0.2, -0.15) is 5.10 Å². The second-order valence-electron chi connectivity index (χ2n) is 7.73. The Morgan fingerprint density at radius 2 is 1.61 bits per heavy atom. The summed E-state index contributed by atoms with van der Waals surface area (Å²) >= 11 is 0. The van der Waals surface area contributed by atoms with Crippen molar-refractivity contribution < 1.29 is 9.59 Å². The average molecular weight is 418 g/mol. The second kappa shape index (κ2) is 9.38. The molecule has 0 radical (unpaired) electrons. The summed E-state index contributed by atoms with van der Waals surface area (Å²) in [6.45, 7) is 7.01. The molecule has 0 saturated carbocycles. The number of benzene rings is 2. The minimum Gasteiger partial charge on any atom is -0.324 e. The lowest BCUT2D eigenvalue weighted by Gasteiger charge is -2.14. The van der Waals surface area contributed by atoms with Crippen molar-refractivity contribution in [3.05, 3.63) is 76.1 Å². The Hall–Kier alpha value is -3.74. The van der Waals surface area contributed by atoms with Gasteiger partial charge >= 0.3 is 0 Å². The molecular weight excluding hydrogens is 392 g/mol. The number of nitrogens with zero attached hydrogens (tertiary/aromatic N) is 2. The van der Waals surface area contributed by atoms with E-state index in [1.54, 1.807) is 13.8 Å². The molecule has 0 unspecified atom stereocenters. The molecular formula is C24H26N4O3. The summed E-state index contributed by atoms with van der Waals surface area (Å²) in [6.07, 6.45) is 0. The van der Waals surface area contributed by atoms with Gasteiger partial charge in [0.15, 0.2) is 0 Å². The van der Waals surface area contributed by atoms with E-state index in [0.717, 1.165) is 21.4 Å². The number of para-hydroxylation sites is 1. The van der Waals surface area contributed by atoms with Crippen LogP contribution < -0.4 is 16.2 Å². The van der Waals surface area contributed by atoms with Gasteiger partial charge in [0.1, 0.15) is 12.2 Å². The van der Waals surface area contributed by atoms with Gasteiger partial charge < -0.3 is 10.6 Å². The maximum atomic E-state index is 12.9. The van der Waals surface area contributed by atoms with Gasteiger partial charge in [-0.3, -0.25) is 14.4 Å². The fourth-order valence-electron chi connectivity index (χ4n) is 3.09. The van der Waals surface area contributed by atoms with Gasteiger partial charge in [-0.1, -0.05) is 62.4 Å². The molecule has 0 atom stereocenters. The lowest BCUT2D eigenvalue weighted by atomic mass is 10.1. The van der Waals surface area contributed by atoms with Crippen LogP contribution in [0.5, 0.6) is 0 Å². The van der Waals surface area contributed by atoms with Gasteiger partial charge in [-0.05, 0) is 31.0 Å². The van der Waals surface area contributed by atoms with Gasteiger partial charge in [0.05, 0.1) is 5.69 Å². The first-order valence-electron chi connectivity index (χ1n) is 10.1. The number of anilines is 2. The molecule has 7 heteroatoms. The lowest BCUT2D eigenvalue weighted by molar-refractivity contribution is -0.119. The van der Waals surface area contributed by atoms with E-state index in [4.69, 9.17) is 0 Å². The molecule has 2 aromatic carbocycles. The van der Waals surface area contributed by atoms with Crippen molar-refractivity contribution in [2.24, 2.45) is 5.92 Å². The van der Waals surface area contributed by atoms with Crippen LogP contribution in [-0.2, 0) is 16.1 Å². The van der Waals surface area contributed by atoms with Crippen molar-refractivity contribution in [2.45, 2.75) is 34.2 Å². The summed E-state index contributed by atoms with van der Waals surface area (Å²) in [5, 5.41) is 9.90. The van der Waals surface area contributed by atoms with Crippen LogP contribution in [0.4, 0.5) is 11.4 Å². The van der Waals surface area contributed by atoms with Gasteiger partial charge in [0, 0.05) is 17.2 Å². The standard InChI is InChI=1S/C24H26N4O3/c1-15(2)23(30)25-20-13-19(18-11-6-5-7-12-18)27-28(24(20)31)14-21(29)26-22-16(3)9-8-10-17(22)4/h5-13,15H,14H2,1-4H3,(H,25,30)(H,26,29). The average Bonchev–Trinajstić information content (AvgIpc) is 2.74. The van der Waals surface area contributed by atoms with Crippen molar-refractivity contribution in [3.8, 4) is 11.3 Å². The maximum absolute atomic E-state index is 12.9. The molecule has 1 aromatic heterocycles. The number of amides is 2. The maximum Gasteiger partial charge on any atom is 0.291 e. The Morgan fingerprint density at radius 1 is 0.968 bits per heavy atom. The molecule has 0 aliphatic carbocycles. The van der Waals surface area contributed by atoms with Crippen molar-refractivity contribution in [1.82, 2.24) is 9.78 Å². The molecule has 0 aliphatic heterocycles. The third-order valence-electron chi connectivity index (χ3n) is 4.87. The molecule has 2 N–H and O–H groups in total. The summed E-state index contributed by atoms with van der Waals surface area (Å²) in [7, 11) is 0. The normalized spacial score (nSPS) is 10.7. The number of carbonyl (C=O) groups excluding carboxylic acids is 2. The predicted octanol–water partition coefficient (Wildman–Crippen LogP) is 3.76. The molecule has 3 rings (SSSR count). The number of aromatic nitrogens is 2. The van der Waals surface area contributed by atoms with Gasteiger partial charge in [-0.15, -0.1) is 0 Å². The molecule has 0 fully saturated rings. The van der Waals surface area contributed by atoms with Crippen LogP contribution in [0.3, 0.4) is 0 Å². The quantitative estimate of drug-likeness (QED) is 0.637. The highest BCUT2D eigenvalue weighted by atomic mass is 16.2. The summed E-state index contributed by atoms with van der Waals surface area (Å²) in [5.74, 6) is -0.958. The van der Waals surface area contributed by atoms with Crippen molar-refractivity contribution in [1.29, 1.82) is 0 Å². The molecule has 1 heterocycles. The van der Waals surface area contributed by atoms with E-state index in [9.17, 15) is 14.4 Å². The number of hydrogen-bond donors (Lipinski definition) is 2. The van der Waals surface area contributed by atoms with E-state index < -0.39 is 5.56 Å². The van der Waals surface area contributed by atoms with Crippen LogP contribution in [0.15, 0.2) is 59.4 Å². The van der Waals surface area contributed by atoms with E-state index in [-0.39, 0.29) is 30.0 Å². The molecule has 160 valence electrons. The largest absolute Gasteiger partial charge is 0.324 e. The topological polar surface area (TPSA) is 93.1 Å². The molecule has 0 saturated heterocycles. The predicted molar refractivity (Wildman–Crippen MR) is 122 cm³/mol. The highest BCUT2D eigenvalue weighted by Gasteiger charge is 2.17. The van der Waals surface area contributed by atoms with Crippen LogP contribution in [0.2, 0.25) is 0 Å². The summed E-state index contributed by atoms with van der Waals surface area (Å²) in [5.41, 5.74) is 3.38. The van der Waals surface area contributed by atoms with E-state index >= 15 is 0 Å². The number of rotatable bonds is 6. The van der Waals surface area contributed by atoms with Crippen LogP contribution in [0.25, 0.3) is 11.3 Å². The van der Waals surface area contributed by atoms with Crippen LogP contribution >= 0.6 is 0 Å². The first-order chi connectivity index (χ1) is 14.8. The van der Waals surface area contributed by atoms with E-state index in [0.29, 0.717) is 11.4 Å². The monoisotopic (exact) mass is 418 g/mol. The van der Waals surface area contributed by atoms with E-state index in [2.05, 4.69) is 15.7 Å². The Labute approximate surface area is 181 Å². The number of nitrogens with one attached hydrogen (secondary N) is 2. The van der Waals surface area contributed by atoms with Crippen LogP contribution in [0, 0.1) is 19.8 Å².